The zero-order valence-electron chi connectivity index (χ0n) is 11.6. The van der Waals surface area contributed by atoms with Crippen LogP contribution in [0, 0.1) is 6.92 Å². The number of anilines is 1. The Kier molecular flexibility index (Phi) is 3.37. The maximum absolute atomic E-state index is 11.5. The van der Waals surface area contributed by atoms with Crippen LogP contribution in [0.2, 0.25) is 0 Å². The van der Waals surface area contributed by atoms with E-state index in [1.165, 1.54) is 4.52 Å². The van der Waals surface area contributed by atoms with Crippen LogP contribution in [0.5, 0.6) is 0 Å². The molecule has 0 fully saturated rings. The van der Waals surface area contributed by atoms with E-state index >= 15 is 0 Å². The highest BCUT2D eigenvalue weighted by molar-refractivity contribution is 9.10. The summed E-state index contributed by atoms with van der Waals surface area (Å²) in [6.45, 7) is 1.97. The lowest BCUT2D eigenvalue weighted by Crippen LogP contribution is -2.11. The molecule has 22 heavy (non-hydrogen) atoms. The van der Waals surface area contributed by atoms with Crippen molar-refractivity contribution in [3.8, 4) is 11.4 Å². The van der Waals surface area contributed by atoms with Crippen molar-refractivity contribution in [2.45, 2.75) is 12.1 Å². The van der Waals surface area contributed by atoms with E-state index in [1.54, 1.807) is 0 Å². The first-order valence-corrected chi connectivity index (χ1v) is 8.81. The molecule has 1 aromatic carbocycles. The van der Waals surface area contributed by atoms with Gasteiger partial charge in [0.15, 0.2) is 5.82 Å². The summed E-state index contributed by atoms with van der Waals surface area (Å²) in [6.07, 6.45) is 1.01. The first-order chi connectivity index (χ1) is 10.3. The molecule has 0 atom stereocenters. The van der Waals surface area contributed by atoms with Crippen molar-refractivity contribution in [3.63, 3.8) is 0 Å². The van der Waals surface area contributed by atoms with Gasteiger partial charge in [-0.15, -0.1) is 5.10 Å². The highest BCUT2D eigenvalue weighted by Crippen LogP contribution is 2.24. The fraction of sp³-hybridized carbons (Fsp3) is 0.167. The number of sulfone groups is 1. The molecule has 0 aliphatic carbocycles. The zero-order valence-corrected chi connectivity index (χ0v) is 14.1. The van der Waals surface area contributed by atoms with Gasteiger partial charge in [0, 0.05) is 16.3 Å². The molecule has 0 unspecified atom stereocenters. The third kappa shape index (κ3) is 2.55. The summed E-state index contributed by atoms with van der Waals surface area (Å²) >= 11 is 3.45. The van der Waals surface area contributed by atoms with Crippen LogP contribution in [-0.4, -0.2) is 39.2 Å². The van der Waals surface area contributed by atoms with Gasteiger partial charge in [-0.2, -0.15) is 19.5 Å². The Balaban J connectivity index is 2.21. The van der Waals surface area contributed by atoms with E-state index in [2.05, 4.69) is 36.0 Å². The van der Waals surface area contributed by atoms with Crippen LogP contribution in [0.1, 0.15) is 5.56 Å². The molecule has 0 spiro atoms. The van der Waals surface area contributed by atoms with Crippen molar-refractivity contribution in [1.82, 2.24) is 24.6 Å². The summed E-state index contributed by atoms with van der Waals surface area (Å²) in [6, 6.07) is 5.64. The predicted molar refractivity (Wildman–Crippen MR) is 84.0 cm³/mol. The van der Waals surface area contributed by atoms with E-state index in [1.807, 2.05) is 25.1 Å². The second-order valence-electron chi connectivity index (χ2n) is 4.75. The Hall–Kier alpha value is -2.07. The Morgan fingerprint density at radius 2 is 1.95 bits per heavy atom. The van der Waals surface area contributed by atoms with Crippen LogP contribution < -0.4 is 5.73 Å². The molecular weight excluding hydrogens is 372 g/mol. The van der Waals surface area contributed by atoms with Gasteiger partial charge in [0.2, 0.25) is 15.8 Å². The first kappa shape index (κ1) is 14.9. The van der Waals surface area contributed by atoms with Crippen LogP contribution in [0.4, 0.5) is 5.95 Å². The Morgan fingerprint density at radius 3 is 2.59 bits per heavy atom. The van der Waals surface area contributed by atoms with Crippen molar-refractivity contribution in [2.75, 3.05) is 12.0 Å². The van der Waals surface area contributed by atoms with Gasteiger partial charge in [-0.1, -0.05) is 28.1 Å². The summed E-state index contributed by atoms with van der Waals surface area (Å²) in [5, 5.41) is 3.84. The number of aryl methyl sites for hydroxylation is 1. The minimum Gasteiger partial charge on any atom is -0.368 e. The van der Waals surface area contributed by atoms with E-state index in [0.29, 0.717) is 5.82 Å². The molecule has 0 saturated heterocycles. The Labute approximate surface area is 134 Å². The minimum atomic E-state index is -3.58. The van der Waals surface area contributed by atoms with Gasteiger partial charge >= 0.3 is 0 Å². The second-order valence-corrected chi connectivity index (χ2v) is 7.51. The fourth-order valence-electron chi connectivity index (χ4n) is 1.81. The molecule has 2 N–H and O–H groups in total. The molecule has 0 saturated carbocycles. The van der Waals surface area contributed by atoms with Crippen LogP contribution in [0.3, 0.4) is 0 Å². The van der Waals surface area contributed by atoms with E-state index in [-0.39, 0.29) is 16.9 Å². The quantitative estimate of drug-likeness (QED) is 0.708. The number of halogens is 1. The average Bonchev–Trinajstić information content (AvgIpc) is 2.85. The van der Waals surface area contributed by atoms with Gasteiger partial charge < -0.3 is 5.73 Å². The predicted octanol–water partition coefficient (Wildman–Crippen LogP) is 1.24. The third-order valence-electron chi connectivity index (χ3n) is 2.97. The number of benzene rings is 1. The van der Waals surface area contributed by atoms with Crippen molar-refractivity contribution in [2.24, 2.45) is 0 Å². The third-order valence-corrected chi connectivity index (χ3v) is 4.67. The molecule has 0 aliphatic rings. The smallest absolute Gasteiger partial charge is 0.258 e. The van der Waals surface area contributed by atoms with E-state index < -0.39 is 9.84 Å². The molecule has 0 amide bonds. The fourth-order valence-corrected chi connectivity index (χ4v) is 2.69. The summed E-state index contributed by atoms with van der Waals surface area (Å²) in [7, 11) is -3.58. The lowest BCUT2D eigenvalue weighted by molar-refractivity contribution is 0.592. The van der Waals surface area contributed by atoms with Gasteiger partial charge in [-0.3, -0.25) is 0 Å². The standard InChI is InChI=1S/C12H11BrN6O2S/c1-6-3-4-7(5-8(6)13)9-15-11-17-12(22(2,20)21)16-10(14)19(11)18-9/h3-5H,1-2H3,(H2,14,15,16,17,18). The molecule has 0 bridgehead atoms. The lowest BCUT2D eigenvalue weighted by atomic mass is 10.1. The van der Waals surface area contributed by atoms with Gasteiger partial charge in [0.1, 0.15) is 0 Å². The van der Waals surface area contributed by atoms with Gasteiger partial charge in [0.25, 0.3) is 10.9 Å². The summed E-state index contributed by atoms with van der Waals surface area (Å²) < 4.78 is 25.2. The van der Waals surface area contributed by atoms with Crippen molar-refractivity contribution >= 4 is 37.5 Å². The number of nitrogens with zero attached hydrogens (tertiary/aromatic N) is 5. The van der Waals surface area contributed by atoms with Crippen LogP contribution in [-0.2, 0) is 9.84 Å². The molecule has 3 rings (SSSR count). The SMILES string of the molecule is Cc1ccc(-c2nc3nc(S(C)(=O)=O)nc(N)n3n2)cc1Br. The second kappa shape index (κ2) is 4.99. The normalized spacial score (nSPS) is 12.0. The van der Waals surface area contributed by atoms with Crippen LogP contribution in [0.15, 0.2) is 27.8 Å². The monoisotopic (exact) mass is 382 g/mol. The van der Waals surface area contributed by atoms with Crippen LogP contribution in [0.25, 0.3) is 17.2 Å². The summed E-state index contributed by atoms with van der Waals surface area (Å²) in [5.74, 6) is 0.377. The lowest BCUT2D eigenvalue weighted by Gasteiger charge is -2.00. The number of nitrogens with two attached hydrogens (primary N) is 1. The zero-order chi connectivity index (χ0) is 16.1. The van der Waals surface area contributed by atoms with Gasteiger partial charge in [0.05, 0.1) is 0 Å². The largest absolute Gasteiger partial charge is 0.368 e. The maximum Gasteiger partial charge on any atom is 0.258 e. The molecular formula is C12H11BrN6O2S. The molecule has 2 heterocycles. The highest BCUT2D eigenvalue weighted by atomic mass is 79.9. The van der Waals surface area contributed by atoms with Crippen molar-refractivity contribution < 1.29 is 8.42 Å². The molecule has 0 aliphatic heterocycles. The van der Waals surface area contributed by atoms with Gasteiger partial charge in [-0.25, -0.2) is 8.42 Å². The first-order valence-electron chi connectivity index (χ1n) is 6.12. The molecule has 10 heteroatoms. The minimum absolute atomic E-state index is 0.0830. The number of hydrogen-bond donors (Lipinski definition) is 1. The van der Waals surface area contributed by atoms with E-state index in [0.717, 1.165) is 21.9 Å². The number of aromatic nitrogens is 5. The Morgan fingerprint density at radius 1 is 1.23 bits per heavy atom. The summed E-state index contributed by atoms with van der Waals surface area (Å²) in [5.41, 5.74) is 7.56. The number of fused-ring (bicyclic) bond motifs is 1. The molecule has 114 valence electrons. The maximum atomic E-state index is 11.5. The summed E-state index contributed by atoms with van der Waals surface area (Å²) in [4.78, 5) is 11.9. The molecule has 3 aromatic rings. The van der Waals surface area contributed by atoms with Crippen molar-refractivity contribution in [1.29, 1.82) is 0 Å². The number of rotatable bonds is 2. The van der Waals surface area contributed by atoms with Crippen LogP contribution >= 0.6 is 15.9 Å². The number of hydrogen-bond acceptors (Lipinski definition) is 7. The van der Waals surface area contributed by atoms with Gasteiger partial charge in [-0.05, 0) is 18.6 Å². The Bertz CT molecular complexity index is 998. The molecule has 0 radical (unpaired) electrons. The van der Waals surface area contributed by atoms with E-state index in [4.69, 9.17) is 5.73 Å². The van der Waals surface area contributed by atoms with E-state index in [9.17, 15) is 8.42 Å². The topological polar surface area (TPSA) is 116 Å². The molecule has 2 aromatic heterocycles. The average molecular weight is 383 g/mol. The number of nitrogen functional groups attached to an aromatic ring is 1. The van der Waals surface area contributed by atoms with Crippen molar-refractivity contribution in [3.05, 3.63) is 28.2 Å². The molecule has 8 nitrogen and oxygen atoms in total. The highest BCUT2D eigenvalue weighted by Gasteiger charge is 2.17.